The number of halogens is 2. The lowest BCUT2D eigenvalue weighted by Gasteiger charge is -2.13. The maximum absolute atomic E-state index is 13.1. The Morgan fingerprint density at radius 1 is 1.25 bits per heavy atom. The van der Waals surface area contributed by atoms with Gasteiger partial charge in [0.05, 0.1) is 6.20 Å². The molecule has 126 valence electrons. The Hall–Kier alpha value is -2.25. The highest BCUT2D eigenvalue weighted by Gasteiger charge is 2.27. The average molecular weight is 350 g/mol. The van der Waals surface area contributed by atoms with Crippen LogP contribution in [0.5, 0.6) is 0 Å². The number of hydrogen-bond donors (Lipinski definition) is 2. The molecule has 1 aliphatic rings. The Kier molecular flexibility index (Phi) is 4.38. The summed E-state index contributed by atoms with van der Waals surface area (Å²) in [5.74, 6) is 1.43. The summed E-state index contributed by atoms with van der Waals surface area (Å²) in [7, 11) is 0. The van der Waals surface area contributed by atoms with E-state index in [4.69, 9.17) is 0 Å². The predicted molar refractivity (Wildman–Crippen MR) is 91.0 cm³/mol. The summed E-state index contributed by atoms with van der Waals surface area (Å²) in [5.41, 5.74) is 0.884. The second kappa shape index (κ2) is 6.33. The lowest BCUT2D eigenvalue weighted by Crippen LogP contribution is -2.21. The Morgan fingerprint density at radius 2 is 2.00 bits per heavy atom. The third kappa shape index (κ3) is 2.70. The van der Waals surface area contributed by atoms with Crippen molar-refractivity contribution in [1.82, 2.24) is 24.9 Å². The zero-order valence-electron chi connectivity index (χ0n) is 13.0. The summed E-state index contributed by atoms with van der Waals surface area (Å²) in [5, 5.41) is 7.90. The normalized spacial score (nSPS) is 20.2. The molecular weight excluding hydrogens is 333 g/mol. The standard InChI is InChI=1S/C16H16FN5O.ClH/c1-9-6-18-7-12(9)14-20-16(23)13-8-19-15(22(13)21-14)10-2-4-11(17)5-3-10;/h2-5,8-9,12,18H,6-7H2,1H3,(H,20,21,23);1H. The van der Waals surface area contributed by atoms with Crippen LogP contribution in [0.2, 0.25) is 0 Å². The maximum atomic E-state index is 13.1. The molecular formula is C16H17ClFN5O. The van der Waals surface area contributed by atoms with Gasteiger partial charge in [-0.3, -0.25) is 4.79 Å². The van der Waals surface area contributed by atoms with Crippen molar-refractivity contribution in [3.8, 4) is 11.4 Å². The van der Waals surface area contributed by atoms with E-state index in [1.54, 1.807) is 16.6 Å². The third-order valence-electron chi connectivity index (χ3n) is 4.39. The first kappa shape index (κ1) is 16.6. The minimum absolute atomic E-state index is 0. The molecule has 1 saturated heterocycles. The van der Waals surface area contributed by atoms with Crippen LogP contribution in [0.15, 0.2) is 35.3 Å². The van der Waals surface area contributed by atoms with Gasteiger partial charge in [0.25, 0.3) is 5.56 Å². The summed E-state index contributed by atoms with van der Waals surface area (Å²) < 4.78 is 14.7. The van der Waals surface area contributed by atoms with Crippen molar-refractivity contribution in [2.45, 2.75) is 12.8 Å². The first-order chi connectivity index (χ1) is 11.1. The third-order valence-corrected chi connectivity index (χ3v) is 4.39. The van der Waals surface area contributed by atoms with E-state index < -0.39 is 0 Å². The SMILES string of the molecule is CC1CNCC1c1nn2c(-c3ccc(F)cc3)ncc2c(=O)[nH]1.Cl. The number of nitrogens with zero attached hydrogens (tertiary/aromatic N) is 3. The highest BCUT2D eigenvalue weighted by Crippen LogP contribution is 2.25. The molecule has 2 unspecified atom stereocenters. The topological polar surface area (TPSA) is 75.1 Å². The van der Waals surface area contributed by atoms with Crippen LogP contribution < -0.4 is 10.9 Å². The molecule has 6 nitrogen and oxygen atoms in total. The van der Waals surface area contributed by atoms with Crippen LogP contribution in [0, 0.1) is 11.7 Å². The van der Waals surface area contributed by atoms with Crippen LogP contribution in [-0.2, 0) is 0 Å². The first-order valence-corrected chi connectivity index (χ1v) is 7.58. The monoisotopic (exact) mass is 349 g/mol. The Bertz CT molecular complexity index is 920. The van der Waals surface area contributed by atoms with Gasteiger partial charge in [0.1, 0.15) is 11.6 Å². The number of rotatable bonds is 2. The molecule has 0 saturated carbocycles. The molecule has 24 heavy (non-hydrogen) atoms. The molecule has 0 spiro atoms. The van der Waals surface area contributed by atoms with Crippen molar-refractivity contribution in [2.75, 3.05) is 13.1 Å². The summed E-state index contributed by atoms with van der Waals surface area (Å²) in [6.45, 7) is 3.82. The van der Waals surface area contributed by atoms with Crippen LogP contribution in [-0.4, -0.2) is 32.7 Å². The number of hydrogen-bond acceptors (Lipinski definition) is 4. The van der Waals surface area contributed by atoms with Crippen LogP contribution in [0.3, 0.4) is 0 Å². The van der Waals surface area contributed by atoms with Crippen molar-refractivity contribution in [2.24, 2.45) is 5.92 Å². The van der Waals surface area contributed by atoms with E-state index in [2.05, 4.69) is 27.3 Å². The second-order valence-electron chi connectivity index (χ2n) is 5.97. The molecule has 0 aliphatic carbocycles. The first-order valence-electron chi connectivity index (χ1n) is 7.58. The smallest absolute Gasteiger partial charge is 0.276 e. The Morgan fingerprint density at radius 3 is 2.67 bits per heavy atom. The van der Waals surface area contributed by atoms with E-state index in [0.29, 0.717) is 28.6 Å². The van der Waals surface area contributed by atoms with E-state index in [1.807, 2.05) is 0 Å². The van der Waals surface area contributed by atoms with Crippen molar-refractivity contribution < 1.29 is 4.39 Å². The number of aromatic nitrogens is 4. The number of imidazole rings is 1. The number of nitrogens with one attached hydrogen (secondary N) is 2. The molecule has 1 fully saturated rings. The van der Waals surface area contributed by atoms with Crippen LogP contribution in [0.4, 0.5) is 4.39 Å². The van der Waals surface area contributed by atoms with Crippen molar-refractivity contribution >= 4 is 17.9 Å². The van der Waals surface area contributed by atoms with Gasteiger partial charge in [-0.1, -0.05) is 6.92 Å². The predicted octanol–water partition coefficient (Wildman–Crippen LogP) is 1.97. The van der Waals surface area contributed by atoms with E-state index in [-0.39, 0.29) is 29.7 Å². The lowest BCUT2D eigenvalue weighted by molar-refractivity contribution is 0.533. The number of aromatic amines is 1. The zero-order valence-corrected chi connectivity index (χ0v) is 13.8. The molecule has 1 aliphatic heterocycles. The quantitative estimate of drug-likeness (QED) is 0.741. The van der Waals surface area contributed by atoms with Crippen LogP contribution in [0.1, 0.15) is 18.7 Å². The molecule has 8 heteroatoms. The van der Waals surface area contributed by atoms with Gasteiger partial charge >= 0.3 is 0 Å². The minimum atomic E-state index is -0.313. The number of H-pyrrole nitrogens is 1. The largest absolute Gasteiger partial charge is 0.316 e. The van der Waals surface area contributed by atoms with Gasteiger partial charge in [-0.05, 0) is 36.7 Å². The fourth-order valence-corrected chi connectivity index (χ4v) is 3.05. The minimum Gasteiger partial charge on any atom is -0.316 e. The summed E-state index contributed by atoms with van der Waals surface area (Å²) >= 11 is 0. The van der Waals surface area contributed by atoms with E-state index in [1.165, 1.54) is 18.3 Å². The molecule has 4 rings (SSSR count). The van der Waals surface area contributed by atoms with Crippen molar-refractivity contribution in [3.63, 3.8) is 0 Å². The van der Waals surface area contributed by atoms with Crippen LogP contribution in [0.25, 0.3) is 16.9 Å². The van der Waals surface area contributed by atoms with Gasteiger partial charge < -0.3 is 10.3 Å². The summed E-state index contributed by atoms with van der Waals surface area (Å²) in [6.07, 6.45) is 1.49. The van der Waals surface area contributed by atoms with Crippen molar-refractivity contribution in [3.05, 3.63) is 52.5 Å². The van der Waals surface area contributed by atoms with E-state index in [9.17, 15) is 9.18 Å². The lowest BCUT2D eigenvalue weighted by atomic mass is 9.97. The Balaban J connectivity index is 0.00000169. The van der Waals surface area contributed by atoms with E-state index in [0.717, 1.165) is 13.1 Å². The van der Waals surface area contributed by atoms with Gasteiger partial charge in [0.15, 0.2) is 11.3 Å². The van der Waals surface area contributed by atoms with E-state index >= 15 is 0 Å². The maximum Gasteiger partial charge on any atom is 0.276 e. The van der Waals surface area contributed by atoms with Crippen molar-refractivity contribution in [1.29, 1.82) is 0 Å². The zero-order chi connectivity index (χ0) is 16.0. The van der Waals surface area contributed by atoms with Gasteiger partial charge in [0, 0.05) is 18.0 Å². The van der Waals surface area contributed by atoms with Gasteiger partial charge in [-0.15, -0.1) is 12.4 Å². The fraction of sp³-hybridized carbons (Fsp3) is 0.312. The molecule has 2 aromatic heterocycles. The van der Waals surface area contributed by atoms with Gasteiger partial charge in [-0.2, -0.15) is 5.10 Å². The molecule has 2 atom stereocenters. The average Bonchev–Trinajstić information content (AvgIpc) is 3.14. The highest BCUT2D eigenvalue weighted by molar-refractivity contribution is 5.85. The molecule has 2 N–H and O–H groups in total. The summed E-state index contributed by atoms with van der Waals surface area (Å²) in [6, 6.07) is 6.00. The van der Waals surface area contributed by atoms with Crippen LogP contribution >= 0.6 is 12.4 Å². The molecule has 3 aromatic rings. The molecule has 1 aromatic carbocycles. The molecule has 0 radical (unpaired) electrons. The number of fused-ring (bicyclic) bond motifs is 1. The second-order valence-corrected chi connectivity index (χ2v) is 5.97. The van der Waals surface area contributed by atoms with Gasteiger partial charge in [-0.25, -0.2) is 13.9 Å². The molecule has 0 amide bonds. The van der Waals surface area contributed by atoms with Gasteiger partial charge in [0.2, 0.25) is 0 Å². The summed E-state index contributed by atoms with van der Waals surface area (Å²) in [4.78, 5) is 19.5. The number of benzene rings is 1. The molecule has 0 bridgehead atoms. The molecule has 3 heterocycles. The fourth-order valence-electron chi connectivity index (χ4n) is 3.05. The Labute approximate surface area is 143 Å². The highest BCUT2D eigenvalue weighted by atomic mass is 35.5.